The zero-order valence-corrected chi connectivity index (χ0v) is 19.0. The molecule has 0 saturated heterocycles. The van der Waals surface area contributed by atoms with Gasteiger partial charge in [-0.05, 0) is 25.3 Å². The van der Waals surface area contributed by atoms with Crippen molar-refractivity contribution in [1.29, 1.82) is 0 Å². The van der Waals surface area contributed by atoms with Gasteiger partial charge in [-0.1, -0.05) is 44.2 Å². The standard InChI is InChI=1S/C20H31N5.HI/c1-14(2)18(17-10-8-7-9-11-17)12-22-20(21-5)23-13-19-15(3)24-25(6)16(19)4;/h7-11,14,18H,12-13H2,1-6H3,(H2,21,22,23);1H. The van der Waals surface area contributed by atoms with E-state index in [9.17, 15) is 0 Å². The first-order chi connectivity index (χ1) is 11.9. The summed E-state index contributed by atoms with van der Waals surface area (Å²) in [6.07, 6.45) is 0. The lowest BCUT2D eigenvalue weighted by Gasteiger charge is -2.23. The van der Waals surface area contributed by atoms with Crippen LogP contribution in [0.3, 0.4) is 0 Å². The van der Waals surface area contributed by atoms with Crippen LogP contribution in [0.1, 0.15) is 42.3 Å². The predicted molar refractivity (Wildman–Crippen MR) is 120 cm³/mol. The van der Waals surface area contributed by atoms with Crippen LogP contribution in [0.25, 0.3) is 0 Å². The number of hydrogen-bond donors (Lipinski definition) is 2. The van der Waals surface area contributed by atoms with Gasteiger partial charge in [0.1, 0.15) is 0 Å². The molecule has 2 rings (SSSR count). The molecule has 5 nitrogen and oxygen atoms in total. The zero-order valence-electron chi connectivity index (χ0n) is 16.7. The van der Waals surface area contributed by atoms with E-state index in [2.05, 4.69) is 71.8 Å². The Bertz CT molecular complexity index is 706. The molecule has 1 heterocycles. The Balaban J connectivity index is 0.00000338. The van der Waals surface area contributed by atoms with Crippen molar-refractivity contribution < 1.29 is 0 Å². The second kappa shape index (κ2) is 10.5. The third-order valence-corrected chi connectivity index (χ3v) is 4.84. The monoisotopic (exact) mass is 469 g/mol. The third kappa shape index (κ3) is 5.72. The molecule has 1 unspecified atom stereocenters. The molecule has 144 valence electrons. The van der Waals surface area contributed by atoms with E-state index in [0.29, 0.717) is 11.8 Å². The molecule has 0 aliphatic heterocycles. The van der Waals surface area contributed by atoms with Crippen LogP contribution in [0.4, 0.5) is 0 Å². The number of rotatable bonds is 6. The number of nitrogens with one attached hydrogen (secondary N) is 2. The summed E-state index contributed by atoms with van der Waals surface area (Å²) >= 11 is 0. The molecule has 26 heavy (non-hydrogen) atoms. The molecule has 0 aliphatic carbocycles. The van der Waals surface area contributed by atoms with Gasteiger partial charge in [0.2, 0.25) is 0 Å². The molecular weight excluding hydrogens is 437 g/mol. The lowest BCUT2D eigenvalue weighted by Crippen LogP contribution is -2.39. The summed E-state index contributed by atoms with van der Waals surface area (Å²) in [5.41, 5.74) is 4.84. The van der Waals surface area contributed by atoms with Gasteiger partial charge in [0.15, 0.2) is 5.96 Å². The number of aromatic nitrogens is 2. The molecule has 2 N–H and O–H groups in total. The number of benzene rings is 1. The highest BCUT2D eigenvalue weighted by Gasteiger charge is 2.16. The first-order valence-electron chi connectivity index (χ1n) is 8.92. The molecule has 0 spiro atoms. The average Bonchev–Trinajstić information content (AvgIpc) is 2.84. The van der Waals surface area contributed by atoms with E-state index >= 15 is 0 Å². The largest absolute Gasteiger partial charge is 0.356 e. The van der Waals surface area contributed by atoms with Gasteiger partial charge >= 0.3 is 0 Å². The van der Waals surface area contributed by atoms with Crippen LogP contribution in [0.5, 0.6) is 0 Å². The maximum Gasteiger partial charge on any atom is 0.191 e. The maximum atomic E-state index is 4.47. The summed E-state index contributed by atoms with van der Waals surface area (Å²) in [5.74, 6) is 1.82. The maximum absolute atomic E-state index is 4.47. The van der Waals surface area contributed by atoms with Gasteiger partial charge in [-0.15, -0.1) is 24.0 Å². The minimum absolute atomic E-state index is 0. The molecule has 2 aromatic rings. The van der Waals surface area contributed by atoms with Gasteiger partial charge in [-0.25, -0.2) is 0 Å². The molecule has 1 atom stereocenters. The van der Waals surface area contributed by atoms with E-state index < -0.39 is 0 Å². The number of halogens is 1. The summed E-state index contributed by atoms with van der Waals surface area (Å²) in [5, 5.41) is 11.4. The Kier molecular flexibility index (Phi) is 9.12. The Labute approximate surface area is 174 Å². The first kappa shape index (κ1) is 22.5. The average molecular weight is 469 g/mol. The van der Waals surface area contributed by atoms with Gasteiger partial charge in [0.05, 0.1) is 5.69 Å². The van der Waals surface area contributed by atoms with Crippen molar-refractivity contribution in [2.24, 2.45) is 18.0 Å². The molecule has 0 aliphatic rings. The molecule has 0 amide bonds. The van der Waals surface area contributed by atoms with Gasteiger partial charge < -0.3 is 10.6 Å². The highest BCUT2D eigenvalue weighted by Crippen LogP contribution is 2.23. The topological polar surface area (TPSA) is 54.2 Å². The fraction of sp³-hybridized carbons (Fsp3) is 0.500. The lowest BCUT2D eigenvalue weighted by atomic mass is 9.88. The van der Waals surface area contributed by atoms with Crippen LogP contribution < -0.4 is 10.6 Å². The Morgan fingerprint density at radius 2 is 1.81 bits per heavy atom. The van der Waals surface area contributed by atoms with E-state index in [4.69, 9.17) is 0 Å². The summed E-state index contributed by atoms with van der Waals surface area (Å²) in [4.78, 5) is 4.36. The number of guanidine groups is 1. The van der Waals surface area contributed by atoms with E-state index in [1.165, 1.54) is 16.8 Å². The number of nitrogens with zero attached hydrogens (tertiary/aromatic N) is 3. The first-order valence-corrected chi connectivity index (χ1v) is 8.92. The highest BCUT2D eigenvalue weighted by molar-refractivity contribution is 14.0. The van der Waals surface area contributed by atoms with Gasteiger partial charge in [-0.3, -0.25) is 9.67 Å². The van der Waals surface area contributed by atoms with E-state index in [1.807, 2.05) is 25.7 Å². The molecule has 1 aromatic heterocycles. The predicted octanol–water partition coefficient (Wildman–Crippen LogP) is 3.76. The van der Waals surface area contributed by atoms with Crippen LogP contribution in [0.15, 0.2) is 35.3 Å². The van der Waals surface area contributed by atoms with Crippen molar-refractivity contribution in [3.63, 3.8) is 0 Å². The van der Waals surface area contributed by atoms with Crippen molar-refractivity contribution >= 4 is 29.9 Å². The molecule has 1 aromatic carbocycles. The van der Waals surface area contributed by atoms with E-state index in [-0.39, 0.29) is 24.0 Å². The second-order valence-electron chi connectivity index (χ2n) is 6.84. The molecule has 0 fully saturated rings. The van der Waals surface area contributed by atoms with Crippen LogP contribution in [-0.4, -0.2) is 29.3 Å². The number of aryl methyl sites for hydroxylation is 2. The minimum atomic E-state index is 0. The second-order valence-corrected chi connectivity index (χ2v) is 6.84. The normalized spacial score (nSPS) is 12.7. The molecule has 0 radical (unpaired) electrons. The van der Waals surface area contributed by atoms with Crippen LogP contribution in [0.2, 0.25) is 0 Å². The summed E-state index contributed by atoms with van der Waals surface area (Å²) < 4.78 is 1.92. The molecule has 6 heteroatoms. The SMILES string of the molecule is CN=C(NCc1c(C)nn(C)c1C)NCC(c1ccccc1)C(C)C.I. The van der Waals surface area contributed by atoms with Crippen molar-refractivity contribution in [2.75, 3.05) is 13.6 Å². The lowest BCUT2D eigenvalue weighted by molar-refractivity contribution is 0.488. The molecular formula is C20H32IN5. The van der Waals surface area contributed by atoms with Crippen LogP contribution in [0, 0.1) is 19.8 Å². The van der Waals surface area contributed by atoms with Crippen molar-refractivity contribution in [3.8, 4) is 0 Å². The molecule has 0 saturated carbocycles. The number of aliphatic imine (C=N–C) groups is 1. The summed E-state index contributed by atoms with van der Waals surface area (Å²) in [6.45, 7) is 10.2. The Morgan fingerprint density at radius 3 is 2.31 bits per heavy atom. The van der Waals surface area contributed by atoms with Gasteiger partial charge in [0.25, 0.3) is 0 Å². The van der Waals surface area contributed by atoms with E-state index in [0.717, 1.165) is 24.7 Å². The summed E-state index contributed by atoms with van der Waals surface area (Å²) in [7, 11) is 3.79. The minimum Gasteiger partial charge on any atom is -0.356 e. The van der Waals surface area contributed by atoms with Crippen LogP contribution in [-0.2, 0) is 13.6 Å². The Morgan fingerprint density at radius 1 is 1.15 bits per heavy atom. The van der Waals surface area contributed by atoms with Crippen molar-refractivity contribution in [1.82, 2.24) is 20.4 Å². The molecule has 0 bridgehead atoms. The fourth-order valence-electron chi connectivity index (χ4n) is 3.11. The zero-order chi connectivity index (χ0) is 18.4. The number of hydrogen-bond acceptors (Lipinski definition) is 2. The smallest absolute Gasteiger partial charge is 0.191 e. The highest BCUT2D eigenvalue weighted by atomic mass is 127. The Hall–Kier alpha value is -1.57. The third-order valence-electron chi connectivity index (χ3n) is 4.84. The van der Waals surface area contributed by atoms with Crippen LogP contribution >= 0.6 is 24.0 Å². The van der Waals surface area contributed by atoms with Crippen molar-refractivity contribution in [3.05, 3.63) is 52.8 Å². The van der Waals surface area contributed by atoms with Gasteiger partial charge in [-0.2, -0.15) is 5.10 Å². The van der Waals surface area contributed by atoms with Gasteiger partial charge in [0, 0.05) is 44.4 Å². The van der Waals surface area contributed by atoms with E-state index in [1.54, 1.807) is 0 Å². The quantitative estimate of drug-likeness (QED) is 0.385. The summed E-state index contributed by atoms with van der Waals surface area (Å²) in [6, 6.07) is 10.7. The van der Waals surface area contributed by atoms with Crippen molar-refractivity contribution in [2.45, 2.75) is 40.2 Å². The fourth-order valence-corrected chi connectivity index (χ4v) is 3.11.